The van der Waals surface area contributed by atoms with Gasteiger partial charge in [-0.1, -0.05) is 29.8 Å². The van der Waals surface area contributed by atoms with Crippen LogP contribution < -0.4 is 10.1 Å². The van der Waals surface area contributed by atoms with Gasteiger partial charge in [0.2, 0.25) is 5.78 Å². The summed E-state index contributed by atoms with van der Waals surface area (Å²) in [5.41, 5.74) is 3.08. The second kappa shape index (κ2) is 9.93. The molecule has 0 bridgehead atoms. The van der Waals surface area contributed by atoms with Crippen molar-refractivity contribution in [1.29, 1.82) is 0 Å². The van der Waals surface area contributed by atoms with Gasteiger partial charge in [0.05, 0.1) is 23.9 Å². The number of carbonyl (C=O) groups is 1. The third-order valence-corrected chi connectivity index (χ3v) is 6.44. The number of nitrogens with one attached hydrogen (secondary N) is 2. The maximum Gasteiger partial charge on any atom is 0.214 e. The average Bonchev–Trinajstić information content (AvgIpc) is 3.52. The Hall–Kier alpha value is -3.26. The number of aromatic amines is 1. The first-order valence-electron chi connectivity index (χ1n) is 11.3. The van der Waals surface area contributed by atoms with Crippen molar-refractivity contribution >= 4 is 28.8 Å². The second-order valence-corrected chi connectivity index (χ2v) is 8.91. The van der Waals surface area contributed by atoms with Gasteiger partial charge in [-0.25, -0.2) is 0 Å². The number of halogens is 1. The van der Waals surface area contributed by atoms with Crippen LogP contribution in [0.1, 0.15) is 28.0 Å². The molecular formula is C26H25ClN4O3. The summed E-state index contributed by atoms with van der Waals surface area (Å²) in [6.45, 7) is 1.83. The quantitative estimate of drug-likeness (QED) is 0.448. The first kappa shape index (κ1) is 22.5. The first-order chi connectivity index (χ1) is 16.6. The van der Waals surface area contributed by atoms with Crippen LogP contribution in [0.4, 0.5) is 0 Å². The van der Waals surface area contributed by atoms with Crippen molar-refractivity contribution in [1.82, 2.24) is 10.3 Å². The van der Waals surface area contributed by atoms with E-state index in [0.717, 1.165) is 24.2 Å². The van der Waals surface area contributed by atoms with Crippen molar-refractivity contribution in [2.75, 3.05) is 19.7 Å². The Kier molecular flexibility index (Phi) is 6.58. The fourth-order valence-corrected chi connectivity index (χ4v) is 4.61. The number of nitrogens with zero attached hydrogens (tertiary/aromatic N) is 2. The fourth-order valence-electron chi connectivity index (χ4n) is 4.35. The van der Waals surface area contributed by atoms with Gasteiger partial charge in [-0.2, -0.15) is 0 Å². The number of Topliss-reactive ketones (excluding diaryl/α,β-unsaturated/α-hetero) is 1. The van der Waals surface area contributed by atoms with Crippen molar-refractivity contribution in [3.63, 3.8) is 0 Å². The number of aliphatic hydroxyl groups excluding tert-OH is 1. The number of fused-ring (bicyclic) bond motifs is 1. The number of benzene rings is 2. The molecule has 0 aliphatic carbocycles. The van der Waals surface area contributed by atoms with Crippen molar-refractivity contribution in [2.24, 2.45) is 15.9 Å². The monoisotopic (exact) mass is 476 g/mol. The van der Waals surface area contributed by atoms with Gasteiger partial charge in [-0.05, 0) is 42.7 Å². The highest BCUT2D eigenvalue weighted by Gasteiger charge is 2.29. The van der Waals surface area contributed by atoms with Crippen LogP contribution in [0.3, 0.4) is 0 Å². The van der Waals surface area contributed by atoms with E-state index in [-0.39, 0.29) is 18.4 Å². The van der Waals surface area contributed by atoms with Gasteiger partial charge in [0.1, 0.15) is 17.2 Å². The third kappa shape index (κ3) is 4.68. The molecule has 2 aliphatic rings. The Morgan fingerprint density at radius 3 is 2.79 bits per heavy atom. The van der Waals surface area contributed by atoms with Crippen molar-refractivity contribution in [3.05, 3.63) is 82.6 Å². The number of ether oxygens (including phenoxy) is 1. The SMILES string of the molecule is O=C(C1=NCc2[nH]ccc2C1=NC[C@H]1CN[C@H](CO)C1)c1ccc(Oc2ccccc2)cc1Cl. The molecule has 7 nitrogen and oxygen atoms in total. The number of H-pyrrole nitrogens is 1. The lowest BCUT2D eigenvalue weighted by Crippen LogP contribution is -2.30. The summed E-state index contributed by atoms with van der Waals surface area (Å²) in [5.74, 6) is 1.27. The zero-order valence-corrected chi connectivity index (χ0v) is 19.3. The molecule has 0 unspecified atom stereocenters. The summed E-state index contributed by atoms with van der Waals surface area (Å²) in [7, 11) is 0. The van der Waals surface area contributed by atoms with E-state index < -0.39 is 0 Å². The van der Waals surface area contributed by atoms with Gasteiger partial charge in [0.25, 0.3) is 0 Å². The third-order valence-electron chi connectivity index (χ3n) is 6.13. The topological polar surface area (TPSA) is 99.1 Å². The van der Waals surface area contributed by atoms with Crippen LogP contribution in [0.15, 0.2) is 70.8 Å². The van der Waals surface area contributed by atoms with E-state index in [9.17, 15) is 9.90 Å². The normalized spacial score (nSPS) is 20.8. The van der Waals surface area contributed by atoms with E-state index in [1.807, 2.05) is 42.6 Å². The van der Waals surface area contributed by atoms with Crippen molar-refractivity contribution in [2.45, 2.75) is 19.0 Å². The lowest BCUT2D eigenvalue weighted by atomic mass is 9.95. The zero-order valence-electron chi connectivity index (χ0n) is 18.5. The average molecular weight is 477 g/mol. The molecule has 3 aromatic rings. The summed E-state index contributed by atoms with van der Waals surface area (Å²) in [5, 5.41) is 13.0. The Balaban J connectivity index is 1.39. The smallest absolute Gasteiger partial charge is 0.214 e. The Morgan fingerprint density at radius 2 is 2.03 bits per heavy atom. The van der Waals surface area contributed by atoms with E-state index in [4.69, 9.17) is 21.3 Å². The molecule has 1 aromatic heterocycles. The molecule has 2 atom stereocenters. The molecule has 0 radical (unpaired) electrons. The maximum atomic E-state index is 13.5. The number of rotatable bonds is 7. The molecule has 34 heavy (non-hydrogen) atoms. The molecular weight excluding hydrogens is 452 g/mol. The van der Waals surface area contributed by atoms with E-state index >= 15 is 0 Å². The van der Waals surface area contributed by atoms with E-state index in [0.29, 0.717) is 52.5 Å². The summed E-state index contributed by atoms with van der Waals surface area (Å²) in [6.07, 6.45) is 2.69. The number of hydrogen-bond acceptors (Lipinski definition) is 6. The molecule has 0 amide bonds. The summed E-state index contributed by atoms with van der Waals surface area (Å²) >= 11 is 6.52. The minimum atomic E-state index is -0.264. The maximum absolute atomic E-state index is 13.5. The van der Waals surface area contributed by atoms with Gasteiger partial charge in [-0.15, -0.1) is 0 Å². The molecule has 5 rings (SSSR count). The molecule has 174 valence electrons. The summed E-state index contributed by atoms with van der Waals surface area (Å²) in [6, 6.07) is 16.5. The highest BCUT2D eigenvalue weighted by molar-refractivity contribution is 6.74. The molecule has 3 heterocycles. The number of aliphatic imine (C=N–C) groups is 2. The van der Waals surface area contributed by atoms with Crippen molar-refractivity contribution in [3.8, 4) is 11.5 Å². The number of aliphatic hydroxyl groups is 1. The largest absolute Gasteiger partial charge is 0.457 e. The minimum Gasteiger partial charge on any atom is -0.457 e. The lowest BCUT2D eigenvalue weighted by molar-refractivity contribution is 0.106. The predicted octanol–water partition coefficient (Wildman–Crippen LogP) is 4.06. The molecule has 2 aliphatic heterocycles. The van der Waals surface area contributed by atoms with Gasteiger partial charge < -0.3 is 20.1 Å². The van der Waals surface area contributed by atoms with Gasteiger partial charge >= 0.3 is 0 Å². The van der Waals surface area contributed by atoms with Crippen LogP contribution in [-0.4, -0.2) is 53.0 Å². The molecule has 0 spiro atoms. The van der Waals surface area contributed by atoms with Crippen LogP contribution in [0.25, 0.3) is 0 Å². The second-order valence-electron chi connectivity index (χ2n) is 8.50. The number of hydrogen-bond donors (Lipinski definition) is 3. The van der Waals surface area contributed by atoms with Crippen LogP contribution in [0.2, 0.25) is 5.02 Å². The van der Waals surface area contributed by atoms with Crippen LogP contribution in [0.5, 0.6) is 11.5 Å². The molecule has 2 aromatic carbocycles. The Bertz CT molecular complexity index is 1250. The van der Waals surface area contributed by atoms with Crippen LogP contribution in [-0.2, 0) is 6.54 Å². The van der Waals surface area contributed by atoms with Crippen molar-refractivity contribution < 1.29 is 14.6 Å². The fraction of sp³-hybridized carbons (Fsp3) is 0.269. The van der Waals surface area contributed by atoms with Gasteiger partial charge in [0.15, 0.2) is 0 Å². The highest BCUT2D eigenvalue weighted by Crippen LogP contribution is 2.28. The van der Waals surface area contributed by atoms with E-state index in [2.05, 4.69) is 15.3 Å². The summed E-state index contributed by atoms with van der Waals surface area (Å²) < 4.78 is 5.83. The van der Waals surface area contributed by atoms with E-state index in [1.54, 1.807) is 18.2 Å². The summed E-state index contributed by atoms with van der Waals surface area (Å²) in [4.78, 5) is 26.1. The van der Waals surface area contributed by atoms with Crippen LogP contribution in [0, 0.1) is 5.92 Å². The number of aromatic nitrogens is 1. The molecule has 3 N–H and O–H groups in total. The van der Waals surface area contributed by atoms with Crippen LogP contribution >= 0.6 is 11.6 Å². The molecule has 0 saturated carbocycles. The van der Waals surface area contributed by atoms with Gasteiger partial charge in [0, 0.05) is 48.2 Å². The Labute approximate surface area is 202 Å². The number of para-hydroxylation sites is 1. The Morgan fingerprint density at radius 1 is 1.18 bits per heavy atom. The lowest BCUT2D eigenvalue weighted by Gasteiger charge is -2.17. The van der Waals surface area contributed by atoms with Gasteiger partial charge in [-0.3, -0.25) is 14.8 Å². The predicted molar refractivity (Wildman–Crippen MR) is 133 cm³/mol. The first-order valence-corrected chi connectivity index (χ1v) is 11.7. The molecule has 8 heteroatoms. The molecule has 1 fully saturated rings. The highest BCUT2D eigenvalue weighted by atomic mass is 35.5. The molecule has 1 saturated heterocycles. The standard InChI is InChI=1S/C26H25ClN4O3/c27-22-11-19(34-18-4-2-1-3-5-18)6-7-20(22)26(33)25-24(21-8-9-28-23(21)14-31-25)30-13-16-10-17(15-32)29-12-16/h1-9,11,16-17,28-29,32H,10,12-15H2/t16-,17+/m1/s1. The number of ketones is 1. The minimum absolute atomic E-state index is 0.101. The number of carbonyl (C=O) groups excluding carboxylic acids is 1. The van der Waals surface area contributed by atoms with E-state index in [1.165, 1.54) is 0 Å². The zero-order chi connectivity index (χ0) is 23.5.